The summed E-state index contributed by atoms with van der Waals surface area (Å²) in [6.45, 7) is 0.909. The molecule has 2 N–H and O–H groups in total. The smallest absolute Gasteiger partial charge is 0.308 e. The number of amides is 2. The number of esters is 1. The summed E-state index contributed by atoms with van der Waals surface area (Å²) < 4.78 is 5.00. The van der Waals surface area contributed by atoms with E-state index in [9.17, 15) is 14.4 Å². The van der Waals surface area contributed by atoms with Crippen molar-refractivity contribution in [1.82, 2.24) is 5.32 Å². The van der Waals surface area contributed by atoms with Crippen LogP contribution >= 0.6 is 23.2 Å². The van der Waals surface area contributed by atoms with Gasteiger partial charge >= 0.3 is 5.97 Å². The number of rotatable bonds is 7. The van der Waals surface area contributed by atoms with Crippen LogP contribution in [0, 0.1) is 0 Å². The quantitative estimate of drug-likeness (QED) is 0.683. The summed E-state index contributed by atoms with van der Waals surface area (Å²) >= 11 is 11.7. The van der Waals surface area contributed by atoms with Gasteiger partial charge in [0.05, 0.1) is 22.5 Å². The predicted molar refractivity (Wildman–Crippen MR) is 104 cm³/mol. The van der Waals surface area contributed by atoms with E-state index in [-0.39, 0.29) is 12.3 Å². The highest BCUT2D eigenvalue weighted by atomic mass is 35.5. The fourth-order valence-corrected chi connectivity index (χ4v) is 2.62. The second-order valence-corrected chi connectivity index (χ2v) is 6.52. The van der Waals surface area contributed by atoms with Crippen molar-refractivity contribution in [1.29, 1.82) is 0 Å². The molecule has 0 fully saturated rings. The van der Waals surface area contributed by atoms with Gasteiger partial charge in [0.1, 0.15) is 0 Å². The summed E-state index contributed by atoms with van der Waals surface area (Å²) in [6.07, 6.45) is -0.0936. The molecule has 6 nitrogen and oxygen atoms in total. The highest BCUT2D eigenvalue weighted by Gasteiger charge is 2.18. The Balaban J connectivity index is 1.88. The molecule has 0 aromatic heterocycles. The van der Waals surface area contributed by atoms with Crippen molar-refractivity contribution >= 4 is 46.7 Å². The minimum Gasteiger partial charge on any atom is -0.455 e. The van der Waals surface area contributed by atoms with Gasteiger partial charge in [-0.15, -0.1) is 0 Å². The first-order chi connectivity index (χ1) is 12.8. The first-order valence-corrected chi connectivity index (χ1v) is 8.83. The Kier molecular flexibility index (Phi) is 7.64. The minimum atomic E-state index is -0.609. The summed E-state index contributed by atoms with van der Waals surface area (Å²) in [5.74, 6) is -1.39. The van der Waals surface area contributed by atoms with Crippen LogP contribution in [0.15, 0.2) is 48.5 Å². The van der Waals surface area contributed by atoms with Crippen molar-refractivity contribution in [3.8, 4) is 0 Å². The molecule has 0 saturated carbocycles. The molecule has 0 bridgehead atoms. The monoisotopic (exact) mass is 408 g/mol. The second kappa shape index (κ2) is 9.94. The topological polar surface area (TPSA) is 84.5 Å². The molecule has 0 spiro atoms. The molecule has 0 heterocycles. The van der Waals surface area contributed by atoms with Gasteiger partial charge in [-0.05, 0) is 23.8 Å². The highest BCUT2D eigenvalue weighted by molar-refractivity contribution is 6.42. The Labute approximate surface area is 166 Å². The van der Waals surface area contributed by atoms with Crippen molar-refractivity contribution in [2.75, 3.05) is 11.9 Å². The zero-order valence-corrected chi connectivity index (χ0v) is 16.0. The molecule has 0 aliphatic carbocycles. The average molecular weight is 409 g/mol. The third-order valence-corrected chi connectivity index (χ3v) is 4.26. The van der Waals surface area contributed by atoms with Crippen LogP contribution in [0.1, 0.15) is 24.9 Å². The molecule has 0 aliphatic rings. The summed E-state index contributed by atoms with van der Waals surface area (Å²) in [6, 6.07) is 13.1. The van der Waals surface area contributed by atoms with Crippen LogP contribution in [-0.2, 0) is 19.1 Å². The Hall–Kier alpha value is -2.57. The van der Waals surface area contributed by atoms with Gasteiger partial charge in [0.15, 0.2) is 6.61 Å². The summed E-state index contributed by atoms with van der Waals surface area (Å²) in [4.78, 5) is 35.4. The zero-order chi connectivity index (χ0) is 19.8. The van der Waals surface area contributed by atoms with Gasteiger partial charge < -0.3 is 15.4 Å². The van der Waals surface area contributed by atoms with Gasteiger partial charge in [-0.1, -0.05) is 53.5 Å². The Morgan fingerprint density at radius 1 is 1.04 bits per heavy atom. The average Bonchev–Trinajstić information content (AvgIpc) is 2.63. The summed E-state index contributed by atoms with van der Waals surface area (Å²) in [5.41, 5.74) is 1.20. The molecule has 2 aromatic carbocycles. The number of halogens is 2. The molecule has 142 valence electrons. The number of nitrogens with one attached hydrogen (secondary N) is 2. The number of benzene rings is 2. The van der Waals surface area contributed by atoms with E-state index in [1.807, 2.05) is 6.07 Å². The maximum absolute atomic E-state index is 12.1. The van der Waals surface area contributed by atoms with E-state index in [0.29, 0.717) is 15.7 Å². The van der Waals surface area contributed by atoms with Gasteiger partial charge in [-0.2, -0.15) is 0 Å². The lowest BCUT2D eigenvalue weighted by Crippen LogP contribution is -2.29. The van der Waals surface area contributed by atoms with Gasteiger partial charge in [0, 0.05) is 12.6 Å². The van der Waals surface area contributed by atoms with E-state index in [1.54, 1.807) is 36.4 Å². The van der Waals surface area contributed by atoms with Gasteiger partial charge in [0.2, 0.25) is 5.91 Å². The van der Waals surface area contributed by atoms with Crippen molar-refractivity contribution < 1.29 is 19.1 Å². The molecule has 27 heavy (non-hydrogen) atoms. The van der Waals surface area contributed by atoms with Crippen molar-refractivity contribution in [2.24, 2.45) is 0 Å². The number of ether oxygens (including phenoxy) is 1. The summed E-state index contributed by atoms with van der Waals surface area (Å²) in [5, 5.41) is 5.92. The van der Waals surface area contributed by atoms with E-state index in [1.165, 1.54) is 13.0 Å². The Morgan fingerprint density at radius 3 is 2.37 bits per heavy atom. The number of hydrogen-bond donors (Lipinski definition) is 2. The maximum atomic E-state index is 12.1. The Morgan fingerprint density at radius 2 is 1.74 bits per heavy atom. The van der Waals surface area contributed by atoms with Crippen LogP contribution in [0.2, 0.25) is 10.0 Å². The number of hydrogen-bond acceptors (Lipinski definition) is 4. The fraction of sp³-hybridized carbons (Fsp3) is 0.211. The second-order valence-electron chi connectivity index (χ2n) is 5.71. The van der Waals surface area contributed by atoms with Crippen LogP contribution in [0.3, 0.4) is 0 Å². The van der Waals surface area contributed by atoms with Crippen molar-refractivity contribution in [3.05, 3.63) is 64.1 Å². The lowest BCUT2D eigenvalue weighted by molar-refractivity contribution is -0.148. The molecule has 8 heteroatoms. The van der Waals surface area contributed by atoms with Gasteiger partial charge in [0.25, 0.3) is 5.91 Å². The molecule has 2 rings (SSSR count). The van der Waals surface area contributed by atoms with Gasteiger partial charge in [-0.25, -0.2) is 0 Å². The molecule has 2 amide bonds. The van der Waals surface area contributed by atoms with Crippen molar-refractivity contribution in [3.63, 3.8) is 0 Å². The van der Waals surface area contributed by atoms with Crippen LogP contribution in [-0.4, -0.2) is 24.4 Å². The van der Waals surface area contributed by atoms with Crippen LogP contribution in [0.5, 0.6) is 0 Å². The molecule has 0 saturated heterocycles. The minimum absolute atomic E-state index is 0.0936. The molecular formula is C19H18Cl2N2O4. The largest absolute Gasteiger partial charge is 0.455 e. The first kappa shape index (κ1) is 20.7. The van der Waals surface area contributed by atoms with Gasteiger partial charge in [-0.3, -0.25) is 14.4 Å². The van der Waals surface area contributed by atoms with Crippen LogP contribution in [0.4, 0.5) is 5.69 Å². The molecular weight excluding hydrogens is 391 g/mol. The lowest BCUT2D eigenvalue weighted by Gasteiger charge is -2.17. The molecule has 0 unspecified atom stereocenters. The normalized spacial score (nSPS) is 11.4. The standard InChI is InChI=1S/C19H18Cl2N2O4/c1-12(24)22-17(13-5-3-2-4-6-13)10-19(26)27-11-18(25)23-14-7-8-15(20)16(21)9-14/h2-9,17H,10-11H2,1H3,(H,22,24)(H,23,25)/t17-/m0/s1. The molecule has 1 atom stereocenters. The first-order valence-electron chi connectivity index (χ1n) is 8.07. The SMILES string of the molecule is CC(=O)N[C@@H](CC(=O)OCC(=O)Nc1ccc(Cl)c(Cl)c1)c1ccccc1. The van der Waals surface area contributed by atoms with E-state index < -0.39 is 24.5 Å². The maximum Gasteiger partial charge on any atom is 0.308 e. The number of carbonyl (C=O) groups excluding carboxylic acids is 3. The van der Waals surface area contributed by atoms with Crippen LogP contribution in [0.25, 0.3) is 0 Å². The Bertz CT molecular complexity index is 828. The fourth-order valence-electron chi connectivity index (χ4n) is 2.33. The lowest BCUT2D eigenvalue weighted by atomic mass is 10.0. The summed E-state index contributed by atoms with van der Waals surface area (Å²) in [7, 11) is 0. The zero-order valence-electron chi connectivity index (χ0n) is 14.5. The van der Waals surface area contributed by atoms with E-state index in [0.717, 1.165) is 5.56 Å². The van der Waals surface area contributed by atoms with E-state index >= 15 is 0 Å². The highest BCUT2D eigenvalue weighted by Crippen LogP contribution is 2.25. The third-order valence-electron chi connectivity index (χ3n) is 3.52. The van der Waals surface area contributed by atoms with Crippen LogP contribution < -0.4 is 10.6 Å². The molecule has 0 radical (unpaired) electrons. The predicted octanol–water partition coefficient (Wildman–Crippen LogP) is 3.74. The number of carbonyl (C=O) groups is 3. The molecule has 2 aromatic rings. The van der Waals surface area contributed by atoms with Crippen molar-refractivity contribution in [2.45, 2.75) is 19.4 Å². The van der Waals surface area contributed by atoms with E-state index in [4.69, 9.17) is 27.9 Å². The number of anilines is 1. The van der Waals surface area contributed by atoms with E-state index in [2.05, 4.69) is 10.6 Å². The molecule has 0 aliphatic heterocycles. The third kappa shape index (κ3) is 6.92.